The number of esters is 1. The molecule has 0 rings (SSSR count). The summed E-state index contributed by atoms with van der Waals surface area (Å²) in [6.07, 6.45) is 32.1. The Hall–Kier alpha value is -0.530. The van der Waals surface area contributed by atoms with Gasteiger partial charge >= 0.3 is 5.97 Å². The van der Waals surface area contributed by atoms with Crippen molar-refractivity contribution in [2.75, 3.05) is 6.61 Å². The van der Waals surface area contributed by atoms with E-state index >= 15 is 0 Å². The molecule has 2 heteroatoms. The van der Waals surface area contributed by atoms with E-state index in [9.17, 15) is 4.79 Å². The number of ether oxygens (including phenoxy) is 1. The monoisotopic (exact) mass is 452 g/mol. The predicted molar refractivity (Wildman–Crippen MR) is 142 cm³/mol. The second-order valence-electron chi connectivity index (χ2n) is 10.1. The third-order valence-corrected chi connectivity index (χ3v) is 6.97. The van der Waals surface area contributed by atoms with Crippen LogP contribution in [0.1, 0.15) is 175 Å². The molecule has 0 heterocycles. The minimum atomic E-state index is 0.0405. The van der Waals surface area contributed by atoms with Gasteiger partial charge < -0.3 is 4.74 Å². The molecule has 0 radical (unpaired) electrons. The van der Waals surface area contributed by atoms with Gasteiger partial charge in [-0.25, -0.2) is 0 Å². The van der Waals surface area contributed by atoms with Crippen molar-refractivity contribution in [3.05, 3.63) is 0 Å². The van der Waals surface area contributed by atoms with Crippen LogP contribution < -0.4 is 0 Å². The highest BCUT2D eigenvalue weighted by atomic mass is 16.5. The fourth-order valence-electron chi connectivity index (χ4n) is 4.59. The summed E-state index contributed by atoms with van der Waals surface area (Å²) < 4.78 is 5.49. The highest BCUT2D eigenvalue weighted by Crippen LogP contribution is 2.16. The zero-order valence-electron chi connectivity index (χ0n) is 22.6. The average Bonchev–Trinajstić information content (AvgIpc) is 2.80. The maximum atomic E-state index is 12.1. The molecule has 0 saturated carbocycles. The van der Waals surface area contributed by atoms with Gasteiger partial charge in [0, 0.05) is 0 Å². The quantitative estimate of drug-likeness (QED) is 0.0963. The van der Waals surface area contributed by atoms with Crippen LogP contribution in [0.25, 0.3) is 0 Å². The number of unbranched alkanes of at least 4 members (excludes halogenated alkanes) is 20. The molecule has 0 saturated heterocycles. The lowest BCUT2D eigenvalue weighted by atomic mass is 10.00. The molecule has 0 aliphatic carbocycles. The van der Waals surface area contributed by atoms with E-state index in [4.69, 9.17) is 4.74 Å². The number of carbonyl (C=O) groups is 1. The fraction of sp³-hybridized carbons (Fsp3) is 0.967. The van der Waals surface area contributed by atoms with Crippen molar-refractivity contribution >= 4 is 5.97 Å². The molecular formula is C30H60O2. The van der Waals surface area contributed by atoms with E-state index < -0.39 is 0 Å². The number of rotatable bonds is 26. The van der Waals surface area contributed by atoms with Gasteiger partial charge in [-0.05, 0) is 19.3 Å². The summed E-state index contributed by atoms with van der Waals surface area (Å²) in [5, 5.41) is 0. The molecule has 0 aromatic rings. The largest absolute Gasteiger partial charge is 0.465 e. The topological polar surface area (TPSA) is 26.3 Å². The number of hydrogen-bond donors (Lipinski definition) is 0. The van der Waals surface area contributed by atoms with E-state index in [1.807, 2.05) is 0 Å². The molecule has 2 nitrogen and oxygen atoms in total. The lowest BCUT2D eigenvalue weighted by Crippen LogP contribution is -2.17. The Morgan fingerprint density at radius 3 is 1.19 bits per heavy atom. The van der Waals surface area contributed by atoms with Crippen molar-refractivity contribution in [1.29, 1.82) is 0 Å². The Morgan fingerprint density at radius 2 is 0.844 bits per heavy atom. The Morgan fingerprint density at radius 1 is 0.500 bits per heavy atom. The van der Waals surface area contributed by atoms with Gasteiger partial charge in [0.05, 0.1) is 12.5 Å². The molecular weight excluding hydrogens is 392 g/mol. The van der Waals surface area contributed by atoms with Crippen molar-refractivity contribution in [3.8, 4) is 0 Å². The van der Waals surface area contributed by atoms with Crippen LogP contribution in [0, 0.1) is 5.92 Å². The second-order valence-corrected chi connectivity index (χ2v) is 10.1. The minimum Gasteiger partial charge on any atom is -0.465 e. The molecule has 32 heavy (non-hydrogen) atoms. The zero-order chi connectivity index (χ0) is 23.5. The van der Waals surface area contributed by atoms with Gasteiger partial charge in [-0.2, -0.15) is 0 Å². The van der Waals surface area contributed by atoms with E-state index in [0.717, 1.165) is 32.1 Å². The summed E-state index contributed by atoms with van der Waals surface area (Å²) >= 11 is 0. The predicted octanol–water partition coefficient (Wildman–Crippen LogP) is 10.6. The molecule has 0 aromatic heterocycles. The van der Waals surface area contributed by atoms with Crippen LogP contribution in [0.5, 0.6) is 0 Å². The summed E-state index contributed by atoms with van der Waals surface area (Å²) in [6.45, 7) is 7.19. The molecule has 0 aliphatic rings. The summed E-state index contributed by atoms with van der Waals surface area (Å²) in [6, 6.07) is 0. The molecule has 1 atom stereocenters. The van der Waals surface area contributed by atoms with E-state index in [1.165, 1.54) is 122 Å². The summed E-state index contributed by atoms with van der Waals surface area (Å²) in [5.74, 6) is 0.166. The standard InChI is InChI=1S/C30H60O2/c1-4-7-9-10-11-12-13-14-15-16-17-18-19-20-21-22-23-24-25-26-28-32-30(31)29(6-3)27-8-5-2/h29H,4-28H2,1-3H3. The van der Waals surface area contributed by atoms with Gasteiger partial charge in [0.15, 0.2) is 0 Å². The molecule has 0 bridgehead atoms. The van der Waals surface area contributed by atoms with Gasteiger partial charge in [-0.15, -0.1) is 0 Å². The average molecular weight is 453 g/mol. The molecule has 1 unspecified atom stereocenters. The van der Waals surface area contributed by atoms with Crippen molar-refractivity contribution < 1.29 is 9.53 Å². The van der Waals surface area contributed by atoms with Gasteiger partial charge in [0.1, 0.15) is 0 Å². The first kappa shape index (κ1) is 31.5. The second kappa shape index (κ2) is 26.7. The van der Waals surface area contributed by atoms with Gasteiger partial charge in [-0.3, -0.25) is 4.79 Å². The van der Waals surface area contributed by atoms with Gasteiger partial charge in [0.2, 0.25) is 0 Å². The Balaban J connectivity index is 3.20. The van der Waals surface area contributed by atoms with Gasteiger partial charge in [-0.1, -0.05) is 156 Å². The molecule has 0 fully saturated rings. The first-order chi connectivity index (χ1) is 15.8. The zero-order valence-corrected chi connectivity index (χ0v) is 22.6. The first-order valence-electron chi connectivity index (χ1n) is 14.9. The SMILES string of the molecule is CCCCCCCCCCCCCCCCCCCCCCOC(=O)C(CC)CCCC. The Bertz CT molecular complexity index is 366. The van der Waals surface area contributed by atoms with E-state index in [2.05, 4.69) is 20.8 Å². The van der Waals surface area contributed by atoms with Crippen molar-refractivity contribution in [1.82, 2.24) is 0 Å². The Labute approximate surface area is 203 Å². The van der Waals surface area contributed by atoms with Crippen LogP contribution in [-0.2, 0) is 9.53 Å². The summed E-state index contributed by atoms with van der Waals surface area (Å²) in [7, 11) is 0. The van der Waals surface area contributed by atoms with Crippen LogP contribution in [0.3, 0.4) is 0 Å². The summed E-state index contributed by atoms with van der Waals surface area (Å²) in [4.78, 5) is 12.1. The first-order valence-corrected chi connectivity index (χ1v) is 14.9. The minimum absolute atomic E-state index is 0.0405. The van der Waals surface area contributed by atoms with Crippen LogP contribution >= 0.6 is 0 Å². The third-order valence-electron chi connectivity index (χ3n) is 6.97. The third kappa shape index (κ3) is 22.7. The van der Waals surface area contributed by atoms with E-state index in [1.54, 1.807) is 0 Å². The van der Waals surface area contributed by atoms with Crippen molar-refractivity contribution in [3.63, 3.8) is 0 Å². The van der Waals surface area contributed by atoms with Crippen LogP contribution in [0.15, 0.2) is 0 Å². The maximum Gasteiger partial charge on any atom is 0.308 e. The number of hydrogen-bond acceptors (Lipinski definition) is 2. The lowest BCUT2D eigenvalue weighted by molar-refractivity contribution is -0.149. The molecule has 0 aromatic carbocycles. The number of carbonyl (C=O) groups excluding carboxylic acids is 1. The fourth-order valence-corrected chi connectivity index (χ4v) is 4.59. The molecule has 0 spiro atoms. The summed E-state index contributed by atoms with van der Waals surface area (Å²) in [5.41, 5.74) is 0. The highest BCUT2D eigenvalue weighted by Gasteiger charge is 2.16. The molecule has 0 N–H and O–H groups in total. The van der Waals surface area contributed by atoms with E-state index in [0.29, 0.717) is 6.61 Å². The molecule has 0 amide bonds. The molecule has 0 aliphatic heterocycles. The molecule has 192 valence electrons. The van der Waals surface area contributed by atoms with Gasteiger partial charge in [0.25, 0.3) is 0 Å². The Kier molecular flexibility index (Phi) is 26.3. The van der Waals surface area contributed by atoms with Crippen molar-refractivity contribution in [2.24, 2.45) is 5.92 Å². The van der Waals surface area contributed by atoms with Crippen LogP contribution in [0.2, 0.25) is 0 Å². The van der Waals surface area contributed by atoms with E-state index in [-0.39, 0.29) is 11.9 Å². The maximum absolute atomic E-state index is 12.1. The normalized spacial score (nSPS) is 12.2. The van der Waals surface area contributed by atoms with Crippen LogP contribution in [0.4, 0.5) is 0 Å². The van der Waals surface area contributed by atoms with Crippen LogP contribution in [-0.4, -0.2) is 12.6 Å². The highest BCUT2D eigenvalue weighted by molar-refractivity contribution is 5.72. The lowest BCUT2D eigenvalue weighted by Gasteiger charge is -2.13. The van der Waals surface area contributed by atoms with Crippen molar-refractivity contribution in [2.45, 2.75) is 175 Å². The smallest absolute Gasteiger partial charge is 0.308 e.